The summed E-state index contributed by atoms with van der Waals surface area (Å²) in [4.78, 5) is 12.5. The van der Waals surface area contributed by atoms with Crippen molar-refractivity contribution in [3.8, 4) is 5.75 Å². The number of benzene rings is 2. The molecule has 24 heavy (non-hydrogen) atoms. The highest BCUT2D eigenvalue weighted by atomic mass is 19.1. The summed E-state index contributed by atoms with van der Waals surface area (Å²) in [6, 6.07) is 13.5. The second-order valence-electron chi connectivity index (χ2n) is 6.77. The molecule has 3 rings (SSSR count). The lowest BCUT2D eigenvalue weighted by Gasteiger charge is -2.18. The SMILES string of the molecule is CC(C)COc1ccc(C(=O)NC2(c3ccc(F)cc3)CC2)cc1. The third kappa shape index (κ3) is 3.75. The van der Waals surface area contributed by atoms with Crippen LogP contribution < -0.4 is 10.1 Å². The van der Waals surface area contributed by atoms with E-state index < -0.39 is 0 Å². The first kappa shape index (κ1) is 16.5. The van der Waals surface area contributed by atoms with Crippen LogP contribution >= 0.6 is 0 Å². The molecule has 1 amide bonds. The molecule has 0 atom stereocenters. The first-order chi connectivity index (χ1) is 11.5. The lowest BCUT2D eigenvalue weighted by Crippen LogP contribution is -2.34. The van der Waals surface area contributed by atoms with Gasteiger partial charge in [-0.25, -0.2) is 4.39 Å². The highest BCUT2D eigenvalue weighted by Crippen LogP contribution is 2.45. The molecule has 0 spiro atoms. The molecule has 0 unspecified atom stereocenters. The molecule has 0 radical (unpaired) electrons. The summed E-state index contributed by atoms with van der Waals surface area (Å²) < 4.78 is 18.7. The summed E-state index contributed by atoms with van der Waals surface area (Å²) in [5.41, 5.74) is 1.20. The summed E-state index contributed by atoms with van der Waals surface area (Å²) in [7, 11) is 0. The Morgan fingerprint density at radius 3 is 2.29 bits per heavy atom. The summed E-state index contributed by atoms with van der Waals surface area (Å²) in [6.07, 6.45) is 1.75. The molecule has 0 aliphatic heterocycles. The van der Waals surface area contributed by atoms with Gasteiger partial charge in [0.1, 0.15) is 11.6 Å². The monoisotopic (exact) mass is 327 g/mol. The van der Waals surface area contributed by atoms with E-state index in [-0.39, 0.29) is 17.3 Å². The molecule has 1 saturated carbocycles. The highest BCUT2D eigenvalue weighted by Gasteiger charge is 2.45. The molecule has 1 N–H and O–H groups in total. The Morgan fingerprint density at radius 1 is 1.12 bits per heavy atom. The first-order valence-corrected chi connectivity index (χ1v) is 8.30. The first-order valence-electron chi connectivity index (χ1n) is 8.30. The number of carbonyl (C=O) groups is 1. The van der Waals surface area contributed by atoms with Gasteiger partial charge in [0, 0.05) is 5.56 Å². The van der Waals surface area contributed by atoms with Crippen molar-refractivity contribution in [2.45, 2.75) is 32.2 Å². The van der Waals surface area contributed by atoms with Crippen LogP contribution in [0.4, 0.5) is 4.39 Å². The fourth-order valence-corrected chi connectivity index (χ4v) is 2.63. The molecule has 3 nitrogen and oxygen atoms in total. The van der Waals surface area contributed by atoms with Crippen LogP contribution in [0.1, 0.15) is 42.6 Å². The molecule has 1 aliphatic rings. The van der Waals surface area contributed by atoms with Crippen LogP contribution in [0, 0.1) is 11.7 Å². The van der Waals surface area contributed by atoms with Gasteiger partial charge in [-0.2, -0.15) is 0 Å². The minimum absolute atomic E-state index is 0.118. The van der Waals surface area contributed by atoms with E-state index in [1.165, 1.54) is 12.1 Å². The molecule has 0 heterocycles. The van der Waals surface area contributed by atoms with Gasteiger partial charge in [-0.3, -0.25) is 4.79 Å². The standard InChI is InChI=1S/C20H22FNO2/c1-14(2)13-24-18-9-3-15(4-10-18)19(23)22-20(11-12-20)16-5-7-17(21)8-6-16/h3-10,14H,11-13H2,1-2H3,(H,22,23). The number of ether oxygens (including phenoxy) is 1. The van der Waals surface area contributed by atoms with Crippen molar-refractivity contribution in [1.29, 1.82) is 0 Å². The number of hydrogen-bond donors (Lipinski definition) is 1. The maximum Gasteiger partial charge on any atom is 0.251 e. The van der Waals surface area contributed by atoms with Crippen molar-refractivity contribution >= 4 is 5.91 Å². The summed E-state index contributed by atoms with van der Waals surface area (Å²) >= 11 is 0. The zero-order valence-corrected chi connectivity index (χ0v) is 14.0. The zero-order valence-electron chi connectivity index (χ0n) is 14.0. The van der Waals surface area contributed by atoms with Gasteiger partial charge < -0.3 is 10.1 Å². The Bertz CT molecular complexity index is 703. The van der Waals surface area contributed by atoms with Crippen LogP contribution in [0.2, 0.25) is 0 Å². The Kier molecular flexibility index (Phi) is 4.56. The molecule has 1 aliphatic carbocycles. The second kappa shape index (κ2) is 6.63. The van der Waals surface area contributed by atoms with Crippen LogP contribution in [0.3, 0.4) is 0 Å². The van der Waals surface area contributed by atoms with E-state index in [9.17, 15) is 9.18 Å². The molecular formula is C20H22FNO2. The van der Waals surface area contributed by atoms with Gasteiger partial charge in [-0.1, -0.05) is 26.0 Å². The van der Waals surface area contributed by atoms with Crippen molar-refractivity contribution in [3.05, 3.63) is 65.5 Å². The molecular weight excluding hydrogens is 305 g/mol. The summed E-state index contributed by atoms with van der Waals surface area (Å²) in [5.74, 6) is 0.837. The van der Waals surface area contributed by atoms with E-state index >= 15 is 0 Å². The Labute approximate surface area is 141 Å². The maximum absolute atomic E-state index is 13.1. The fraction of sp³-hybridized carbons (Fsp3) is 0.350. The van der Waals surface area contributed by atoms with E-state index in [1.807, 2.05) is 12.1 Å². The maximum atomic E-state index is 13.1. The average molecular weight is 327 g/mol. The molecule has 126 valence electrons. The summed E-state index contributed by atoms with van der Waals surface area (Å²) in [6.45, 7) is 4.83. The third-order valence-electron chi connectivity index (χ3n) is 4.20. The molecule has 0 bridgehead atoms. The number of hydrogen-bond acceptors (Lipinski definition) is 2. The van der Waals surface area contributed by atoms with Crippen LogP contribution in [0.5, 0.6) is 5.75 Å². The normalized spacial score (nSPS) is 15.2. The van der Waals surface area contributed by atoms with Gasteiger partial charge in [0.2, 0.25) is 0 Å². The van der Waals surface area contributed by atoms with Crippen molar-refractivity contribution in [3.63, 3.8) is 0 Å². The zero-order chi connectivity index (χ0) is 17.2. The molecule has 2 aromatic rings. The topological polar surface area (TPSA) is 38.3 Å². The minimum atomic E-state index is -0.350. The van der Waals surface area contributed by atoms with Crippen molar-refractivity contribution < 1.29 is 13.9 Å². The molecule has 4 heteroatoms. The smallest absolute Gasteiger partial charge is 0.251 e. The number of nitrogens with one attached hydrogen (secondary N) is 1. The van der Waals surface area contributed by atoms with E-state index in [1.54, 1.807) is 24.3 Å². The second-order valence-corrected chi connectivity index (χ2v) is 6.77. The Morgan fingerprint density at radius 2 is 1.75 bits per heavy atom. The largest absolute Gasteiger partial charge is 0.493 e. The van der Waals surface area contributed by atoms with Crippen LogP contribution in [0.15, 0.2) is 48.5 Å². The van der Waals surface area contributed by atoms with Gasteiger partial charge in [0.05, 0.1) is 12.1 Å². The number of amides is 1. The van der Waals surface area contributed by atoms with Gasteiger partial charge in [-0.15, -0.1) is 0 Å². The number of halogens is 1. The van der Waals surface area contributed by atoms with E-state index in [0.29, 0.717) is 18.1 Å². The Hall–Kier alpha value is -2.36. The molecule has 0 aromatic heterocycles. The quantitative estimate of drug-likeness (QED) is 0.860. The summed E-state index contributed by atoms with van der Waals surface area (Å²) in [5, 5.41) is 3.09. The lowest BCUT2D eigenvalue weighted by molar-refractivity contribution is 0.0931. The van der Waals surface area contributed by atoms with Crippen molar-refractivity contribution in [2.75, 3.05) is 6.61 Å². The van der Waals surface area contributed by atoms with Crippen LogP contribution in [-0.2, 0) is 5.54 Å². The third-order valence-corrected chi connectivity index (χ3v) is 4.20. The van der Waals surface area contributed by atoms with Gasteiger partial charge in [-0.05, 0) is 60.7 Å². The lowest BCUT2D eigenvalue weighted by atomic mass is 10.0. The molecule has 0 saturated heterocycles. The minimum Gasteiger partial charge on any atom is -0.493 e. The molecule has 2 aromatic carbocycles. The van der Waals surface area contributed by atoms with Gasteiger partial charge in [0.15, 0.2) is 0 Å². The predicted molar refractivity (Wildman–Crippen MR) is 91.6 cm³/mol. The predicted octanol–water partition coefficient (Wildman–Crippen LogP) is 4.28. The Balaban J connectivity index is 1.65. The van der Waals surface area contributed by atoms with E-state index in [0.717, 1.165) is 24.2 Å². The highest BCUT2D eigenvalue weighted by molar-refractivity contribution is 5.95. The van der Waals surface area contributed by atoms with Gasteiger partial charge in [0.25, 0.3) is 5.91 Å². The van der Waals surface area contributed by atoms with Crippen LogP contribution in [-0.4, -0.2) is 12.5 Å². The van der Waals surface area contributed by atoms with E-state index in [4.69, 9.17) is 4.74 Å². The average Bonchev–Trinajstić information content (AvgIpc) is 3.34. The number of rotatable bonds is 6. The van der Waals surface area contributed by atoms with Crippen molar-refractivity contribution in [2.24, 2.45) is 5.92 Å². The molecule has 1 fully saturated rings. The van der Waals surface area contributed by atoms with E-state index in [2.05, 4.69) is 19.2 Å². The number of carbonyl (C=O) groups excluding carboxylic acids is 1. The van der Waals surface area contributed by atoms with Crippen molar-refractivity contribution in [1.82, 2.24) is 5.32 Å². The van der Waals surface area contributed by atoms with Gasteiger partial charge >= 0.3 is 0 Å². The fourth-order valence-electron chi connectivity index (χ4n) is 2.63. The van der Waals surface area contributed by atoms with Crippen LogP contribution in [0.25, 0.3) is 0 Å².